The van der Waals surface area contributed by atoms with E-state index in [9.17, 15) is 5.11 Å². The molecule has 2 unspecified atom stereocenters. The number of aromatic nitrogens is 1. The number of pyridine rings is 1. The molecule has 0 aliphatic carbocycles. The Morgan fingerprint density at radius 1 is 1.17 bits per heavy atom. The molecule has 5 nitrogen and oxygen atoms in total. The molecule has 3 heterocycles. The zero-order valence-electron chi connectivity index (χ0n) is 17.9. The van der Waals surface area contributed by atoms with E-state index in [1.165, 1.54) is 11.1 Å². The van der Waals surface area contributed by atoms with Gasteiger partial charge in [-0.25, -0.2) is 4.98 Å². The van der Waals surface area contributed by atoms with Gasteiger partial charge in [-0.1, -0.05) is 25.1 Å². The minimum Gasteiger partial charge on any atom is -0.381 e. The van der Waals surface area contributed by atoms with Crippen LogP contribution in [0, 0.1) is 12.8 Å². The summed E-state index contributed by atoms with van der Waals surface area (Å²) in [4.78, 5) is 6.82. The van der Waals surface area contributed by atoms with Crippen molar-refractivity contribution in [3.8, 4) is 0 Å². The number of aliphatic hydroxyl groups excluding tert-OH is 1. The van der Waals surface area contributed by atoms with E-state index in [0.717, 1.165) is 43.3 Å². The number of anilines is 2. The molecule has 0 amide bonds. The molecule has 2 aliphatic heterocycles. The van der Waals surface area contributed by atoms with Crippen molar-refractivity contribution in [1.29, 1.82) is 0 Å². The zero-order chi connectivity index (χ0) is 20.5. The zero-order valence-corrected chi connectivity index (χ0v) is 17.9. The first-order valence-electron chi connectivity index (χ1n) is 10.8. The van der Waals surface area contributed by atoms with Gasteiger partial charge in [0.25, 0.3) is 0 Å². The first-order chi connectivity index (χ1) is 14.0. The van der Waals surface area contributed by atoms with Crippen molar-refractivity contribution in [2.24, 2.45) is 5.92 Å². The third kappa shape index (κ3) is 3.99. The van der Waals surface area contributed by atoms with Crippen LogP contribution in [0.4, 0.5) is 11.5 Å². The molecule has 0 saturated carbocycles. The van der Waals surface area contributed by atoms with Gasteiger partial charge in [0.1, 0.15) is 12.0 Å². The van der Waals surface area contributed by atoms with E-state index in [2.05, 4.69) is 47.2 Å². The van der Waals surface area contributed by atoms with Crippen LogP contribution in [0.25, 0.3) is 0 Å². The summed E-state index contributed by atoms with van der Waals surface area (Å²) < 4.78 is 5.56. The normalized spacial score (nSPS) is 26.1. The molecule has 2 aliphatic rings. The van der Waals surface area contributed by atoms with Gasteiger partial charge in [-0.2, -0.15) is 0 Å². The van der Waals surface area contributed by atoms with E-state index < -0.39 is 6.23 Å². The van der Waals surface area contributed by atoms with Gasteiger partial charge in [0.05, 0.1) is 6.04 Å². The van der Waals surface area contributed by atoms with E-state index in [1.54, 1.807) is 0 Å². The van der Waals surface area contributed by atoms with Crippen LogP contribution < -0.4 is 10.2 Å². The topological polar surface area (TPSA) is 57.6 Å². The Balaban J connectivity index is 1.75. The second-order valence-electron chi connectivity index (χ2n) is 8.63. The maximum absolute atomic E-state index is 10.5. The number of aliphatic hydroxyl groups is 1. The van der Waals surface area contributed by atoms with E-state index in [1.807, 2.05) is 32.0 Å². The van der Waals surface area contributed by atoms with Gasteiger partial charge in [-0.05, 0) is 68.9 Å². The highest BCUT2D eigenvalue weighted by molar-refractivity contribution is 5.62. The lowest BCUT2D eigenvalue weighted by Crippen LogP contribution is -2.50. The quantitative estimate of drug-likeness (QED) is 0.791. The van der Waals surface area contributed by atoms with Crippen LogP contribution in [0.5, 0.6) is 0 Å². The third-order valence-electron chi connectivity index (χ3n) is 6.68. The minimum atomic E-state index is -0.529. The molecule has 4 rings (SSSR count). The Morgan fingerprint density at radius 3 is 2.62 bits per heavy atom. The average molecular weight is 396 g/mol. The number of fused-ring (bicyclic) bond motifs is 1. The fourth-order valence-electron chi connectivity index (χ4n) is 4.91. The van der Waals surface area contributed by atoms with Crippen molar-refractivity contribution < 1.29 is 9.84 Å². The van der Waals surface area contributed by atoms with Crippen molar-refractivity contribution in [1.82, 2.24) is 4.98 Å². The summed E-state index contributed by atoms with van der Waals surface area (Å²) >= 11 is 0. The molecule has 2 aromatic rings. The second kappa shape index (κ2) is 8.33. The van der Waals surface area contributed by atoms with Crippen LogP contribution >= 0.6 is 0 Å². The van der Waals surface area contributed by atoms with E-state index in [-0.39, 0.29) is 12.1 Å². The fraction of sp³-hybridized carbons (Fsp3) is 0.542. The molecule has 1 aromatic carbocycles. The van der Waals surface area contributed by atoms with E-state index in [4.69, 9.17) is 4.74 Å². The van der Waals surface area contributed by atoms with Gasteiger partial charge in [0, 0.05) is 36.6 Å². The van der Waals surface area contributed by atoms with Crippen LogP contribution in [0.15, 0.2) is 36.4 Å². The summed E-state index contributed by atoms with van der Waals surface area (Å²) in [5.41, 5.74) is 4.76. The van der Waals surface area contributed by atoms with Crippen molar-refractivity contribution in [3.05, 3.63) is 53.2 Å². The number of nitrogens with zero attached hydrogens (tertiary/aromatic N) is 2. The largest absolute Gasteiger partial charge is 0.381 e. The summed E-state index contributed by atoms with van der Waals surface area (Å²) in [5.74, 6) is 1.76. The number of aryl methyl sites for hydroxylation is 1. The lowest BCUT2D eigenvalue weighted by Gasteiger charge is -2.47. The number of benzene rings is 1. The number of hydrogen-bond donors (Lipinski definition) is 2. The number of ether oxygens (including phenoxy) is 1. The standard InChI is InChI=1S/C24H33N3O2/c1-15-6-5-7-23(25-15)26-24-16(2)17(3)27(18(4)28)22-9-8-20(14-21(22)24)19-10-12-29-13-11-19/h5-9,14,16-19,24,28H,10-13H2,1-4H3,(H,25,26)/t16-,17-,18?,24?/m0/s1. The first-order valence-corrected chi connectivity index (χ1v) is 10.8. The Bertz CT molecular complexity index is 848. The SMILES string of the molecule is Cc1cccc(NC2c3cc(C4CCOCC4)ccc3N(C(C)O)[C@@H](C)[C@@H]2C)n1. The number of nitrogens with one attached hydrogen (secondary N) is 1. The van der Waals surface area contributed by atoms with E-state index in [0.29, 0.717) is 11.8 Å². The Hall–Kier alpha value is -2.11. The van der Waals surface area contributed by atoms with Crippen LogP contribution in [0.2, 0.25) is 0 Å². The van der Waals surface area contributed by atoms with Gasteiger partial charge >= 0.3 is 0 Å². The molecule has 0 bridgehead atoms. The highest BCUT2D eigenvalue weighted by Crippen LogP contribution is 2.44. The molecule has 4 atom stereocenters. The van der Waals surface area contributed by atoms with Crippen molar-refractivity contribution >= 4 is 11.5 Å². The monoisotopic (exact) mass is 395 g/mol. The smallest absolute Gasteiger partial charge is 0.126 e. The average Bonchev–Trinajstić information content (AvgIpc) is 2.72. The van der Waals surface area contributed by atoms with Gasteiger partial charge < -0.3 is 20.1 Å². The predicted molar refractivity (Wildman–Crippen MR) is 117 cm³/mol. The third-order valence-corrected chi connectivity index (χ3v) is 6.68. The fourth-order valence-corrected chi connectivity index (χ4v) is 4.91. The lowest BCUT2D eigenvalue weighted by molar-refractivity contribution is 0.0853. The summed E-state index contributed by atoms with van der Waals surface area (Å²) in [5, 5.41) is 14.2. The van der Waals surface area contributed by atoms with E-state index >= 15 is 0 Å². The van der Waals surface area contributed by atoms with Crippen molar-refractivity contribution in [3.63, 3.8) is 0 Å². The summed E-state index contributed by atoms with van der Waals surface area (Å²) in [6.07, 6.45) is 1.61. The summed E-state index contributed by atoms with van der Waals surface area (Å²) in [6, 6.07) is 13.3. The van der Waals surface area contributed by atoms with Crippen molar-refractivity contribution in [2.45, 2.75) is 64.8 Å². The Morgan fingerprint density at radius 2 is 1.93 bits per heavy atom. The molecular weight excluding hydrogens is 362 g/mol. The molecule has 0 spiro atoms. The molecular formula is C24H33N3O2. The van der Waals surface area contributed by atoms with Crippen LogP contribution in [0.1, 0.15) is 62.4 Å². The Kier molecular flexibility index (Phi) is 5.79. The highest BCUT2D eigenvalue weighted by Gasteiger charge is 2.38. The predicted octanol–water partition coefficient (Wildman–Crippen LogP) is 4.62. The molecule has 5 heteroatoms. The Labute approximate surface area is 174 Å². The molecule has 2 N–H and O–H groups in total. The summed E-state index contributed by atoms with van der Waals surface area (Å²) in [6.45, 7) is 10.0. The van der Waals surface area contributed by atoms with Gasteiger partial charge in [0.2, 0.25) is 0 Å². The van der Waals surface area contributed by atoms with Gasteiger partial charge in [-0.15, -0.1) is 0 Å². The summed E-state index contributed by atoms with van der Waals surface area (Å²) in [7, 11) is 0. The maximum Gasteiger partial charge on any atom is 0.126 e. The first kappa shape index (κ1) is 20.2. The molecule has 0 radical (unpaired) electrons. The molecule has 1 fully saturated rings. The number of hydrogen-bond acceptors (Lipinski definition) is 5. The van der Waals surface area contributed by atoms with Gasteiger partial charge in [0.15, 0.2) is 0 Å². The van der Waals surface area contributed by atoms with Crippen LogP contribution in [-0.2, 0) is 4.74 Å². The van der Waals surface area contributed by atoms with Crippen molar-refractivity contribution in [2.75, 3.05) is 23.4 Å². The molecule has 1 aromatic heterocycles. The van der Waals surface area contributed by atoms with Gasteiger partial charge in [-0.3, -0.25) is 0 Å². The molecule has 29 heavy (non-hydrogen) atoms. The molecule has 1 saturated heterocycles. The maximum atomic E-state index is 10.5. The lowest BCUT2D eigenvalue weighted by atomic mass is 9.80. The second-order valence-corrected chi connectivity index (χ2v) is 8.63. The highest BCUT2D eigenvalue weighted by atomic mass is 16.5. The minimum absolute atomic E-state index is 0.143. The molecule has 156 valence electrons. The van der Waals surface area contributed by atoms with Crippen LogP contribution in [0.3, 0.4) is 0 Å². The number of rotatable bonds is 4. The van der Waals surface area contributed by atoms with Crippen LogP contribution in [-0.4, -0.2) is 35.6 Å².